The molecule has 2 N–H and O–H groups in total. The molecule has 33 heavy (non-hydrogen) atoms. The molecule has 0 radical (unpaired) electrons. The molecule has 1 aromatic carbocycles. The smallest absolute Gasteiger partial charge is 0.475 e. The number of nitrogens with one attached hydrogen (secondary N) is 1. The number of alkyl halides is 3. The fourth-order valence-electron chi connectivity index (χ4n) is 4.39. The van der Waals surface area contributed by atoms with Crippen LogP contribution < -0.4 is 5.32 Å². The van der Waals surface area contributed by atoms with E-state index in [0.717, 1.165) is 5.56 Å². The fourth-order valence-corrected chi connectivity index (χ4v) is 4.39. The van der Waals surface area contributed by atoms with E-state index in [0.29, 0.717) is 38.0 Å². The van der Waals surface area contributed by atoms with Crippen LogP contribution in [0.3, 0.4) is 0 Å². The lowest BCUT2D eigenvalue weighted by Gasteiger charge is -2.41. The van der Waals surface area contributed by atoms with Crippen LogP contribution >= 0.6 is 0 Å². The summed E-state index contributed by atoms with van der Waals surface area (Å²) in [6.07, 6.45) is -0.323. The second-order valence-electron chi connectivity index (χ2n) is 8.18. The van der Waals surface area contributed by atoms with E-state index < -0.39 is 17.6 Å². The highest BCUT2D eigenvalue weighted by Gasteiger charge is 2.52. The molecule has 2 saturated heterocycles. The number of carbonyl (C=O) groups excluding carboxylic acids is 2. The molecule has 10 heteroatoms. The van der Waals surface area contributed by atoms with Gasteiger partial charge in [-0.1, -0.05) is 30.3 Å². The molecule has 0 bridgehead atoms. The molecule has 0 aliphatic carbocycles. The van der Waals surface area contributed by atoms with Crippen LogP contribution in [0.2, 0.25) is 0 Å². The highest BCUT2D eigenvalue weighted by atomic mass is 19.4. The number of carbonyl (C=O) groups is 3. The number of benzene rings is 1. The van der Waals surface area contributed by atoms with E-state index in [1.807, 2.05) is 36.1 Å². The van der Waals surface area contributed by atoms with Crippen LogP contribution in [0.15, 0.2) is 48.8 Å². The molecule has 0 saturated carbocycles. The molecule has 2 aliphatic rings. The summed E-state index contributed by atoms with van der Waals surface area (Å²) in [6, 6.07) is 12.1. The standard InChI is InChI=1S/C21H23N3O2.C2HF3O2/c1-15-11-17(13-22-12-15)19(25)24-9-7-21(8-10-24)18(14-23-20(21)26)16-5-3-2-4-6-16;3-2(4,5)1(6)7/h2-6,11-13,18H,7-10,14H2,1H3,(H,23,26);(H,6,7). The minimum atomic E-state index is -5.08. The molecular weight excluding hydrogens is 439 g/mol. The van der Waals surface area contributed by atoms with Gasteiger partial charge in [-0.15, -0.1) is 0 Å². The number of pyridine rings is 1. The number of aliphatic carboxylic acids is 1. The van der Waals surface area contributed by atoms with Gasteiger partial charge in [0.2, 0.25) is 5.91 Å². The Balaban J connectivity index is 0.000000383. The summed E-state index contributed by atoms with van der Waals surface area (Å²) in [5, 5.41) is 10.2. The van der Waals surface area contributed by atoms with E-state index in [4.69, 9.17) is 9.90 Å². The number of likely N-dealkylation sites (tertiary alicyclic amines) is 1. The number of nitrogens with zero attached hydrogens (tertiary/aromatic N) is 2. The maximum atomic E-state index is 12.8. The summed E-state index contributed by atoms with van der Waals surface area (Å²) in [7, 11) is 0. The van der Waals surface area contributed by atoms with Crippen molar-refractivity contribution in [2.45, 2.75) is 31.9 Å². The minimum Gasteiger partial charge on any atom is -0.475 e. The number of aromatic nitrogens is 1. The third-order valence-corrected chi connectivity index (χ3v) is 6.10. The summed E-state index contributed by atoms with van der Waals surface area (Å²) in [4.78, 5) is 40.4. The van der Waals surface area contributed by atoms with Gasteiger partial charge >= 0.3 is 12.1 Å². The molecule has 2 fully saturated rings. The summed E-state index contributed by atoms with van der Waals surface area (Å²) in [5.41, 5.74) is 2.40. The Morgan fingerprint density at radius 3 is 2.30 bits per heavy atom. The third-order valence-electron chi connectivity index (χ3n) is 6.10. The van der Waals surface area contributed by atoms with Gasteiger partial charge in [-0.3, -0.25) is 14.6 Å². The number of rotatable bonds is 2. The number of aryl methyl sites for hydroxylation is 1. The molecule has 1 aromatic heterocycles. The van der Waals surface area contributed by atoms with Crippen molar-refractivity contribution in [2.24, 2.45) is 5.41 Å². The Bertz CT molecular complexity index is 1020. The van der Waals surface area contributed by atoms with Gasteiger partial charge < -0.3 is 15.3 Å². The minimum absolute atomic E-state index is 0.00529. The first-order valence-electron chi connectivity index (χ1n) is 10.4. The Labute approximate surface area is 188 Å². The van der Waals surface area contributed by atoms with Crippen molar-refractivity contribution < 1.29 is 32.7 Å². The molecule has 2 aliphatic heterocycles. The normalized spacial score (nSPS) is 19.5. The van der Waals surface area contributed by atoms with Crippen molar-refractivity contribution in [3.8, 4) is 0 Å². The second-order valence-corrected chi connectivity index (χ2v) is 8.18. The molecule has 7 nitrogen and oxygen atoms in total. The van der Waals surface area contributed by atoms with E-state index >= 15 is 0 Å². The average molecular weight is 463 g/mol. The van der Waals surface area contributed by atoms with Crippen LogP contribution in [0, 0.1) is 12.3 Å². The zero-order valence-corrected chi connectivity index (χ0v) is 17.9. The van der Waals surface area contributed by atoms with Crippen molar-refractivity contribution in [3.63, 3.8) is 0 Å². The number of carboxylic acids is 1. The predicted octanol–water partition coefficient (Wildman–Crippen LogP) is 3.16. The molecule has 1 unspecified atom stereocenters. The van der Waals surface area contributed by atoms with Gasteiger partial charge in [-0.2, -0.15) is 13.2 Å². The van der Waals surface area contributed by atoms with Gasteiger partial charge in [0, 0.05) is 37.9 Å². The van der Waals surface area contributed by atoms with Crippen molar-refractivity contribution in [1.82, 2.24) is 15.2 Å². The zero-order valence-electron chi connectivity index (χ0n) is 17.9. The van der Waals surface area contributed by atoms with E-state index in [1.165, 1.54) is 5.56 Å². The third kappa shape index (κ3) is 5.32. The topological polar surface area (TPSA) is 99.6 Å². The van der Waals surface area contributed by atoms with E-state index in [-0.39, 0.29) is 17.7 Å². The number of amides is 2. The number of halogens is 3. The summed E-state index contributed by atoms with van der Waals surface area (Å²) < 4.78 is 31.7. The first-order chi connectivity index (χ1) is 15.5. The Hall–Kier alpha value is -3.43. The maximum absolute atomic E-state index is 12.8. The first-order valence-corrected chi connectivity index (χ1v) is 10.4. The van der Waals surface area contributed by atoms with Crippen molar-refractivity contribution in [1.29, 1.82) is 0 Å². The van der Waals surface area contributed by atoms with Gasteiger partial charge in [-0.25, -0.2) is 4.79 Å². The van der Waals surface area contributed by atoms with Crippen molar-refractivity contribution in [3.05, 3.63) is 65.5 Å². The summed E-state index contributed by atoms with van der Waals surface area (Å²) in [5.74, 6) is -2.44. The molecule has 176 valence electrons. The monoisotopic (exact) mass is 463 g/mol. The van der Waals surface area contributed by atoms with Crippen molar-refractivity contribution in [2.75, 3.05) is 19.6 Å². The summed E-state index contributed by atoms with van der Waals surface area (Å²) >= 11 is 0. The maximum Gasteiger partial charge on any atom is 0.490 e. The van der Waals surface area contributed by atoms with E-state index in [1.54, 1.807) is 12.4 Å². The molecular formula is C23H24F3N3O4. The number of carboxylic acid groups (broad SMARTS) is 1. The van der Waals surface area contributed by atoms with Gasteiger partial charge in [-0.05, 0) is 37.0 Å². The molecule has 2 aromatic rings. The molecule has 1 atom stereocenters. The van der Waals surface area contributed by atoms with Crippen molar-refractivity contribution >= 4 is 17.8 Å². The van der Waals surface area contributed by atoms with Gasteiger partial charge in [0.15, 0.2) is 0 Å². The molecule has 4 rings (SSSR count). The van der Waals surface area contributed by atoms with E-state index in [9.17, 15) is 22.8 Å². The Morgan fingerprint density at radius 2 is 1.76 bits per heavy atom. The van der Waals surface area contributed by atoms with Crippen LogP contribution in [-0.4, -0.2) is 58.6 Å². The fraction of sp³-hybridized carbons (Fsp3) is 0.391. The van der Waals surface area contributed by atoms with Crippen LogP contribution in [0.4, 0.5) is 13.2 Å². The predicted molar refractivity (Wildman–Crippen MR) is 112 cm³/mol. The van der Waals surface area contributed by atoms with Crippen LogP contribution in [0.1, 0.15) is 40.2 Å². The average Bonchev–Trinajstić information content (AvgIpc) is 3.09. The van der Waals surface area contributed by atoms with Crippen LogP contribution in [-0.2, 0) is 9.59 Å². The number of hydrogen-bond donors (Lipinski definition) is 2. The molecule has 1 spiro atoms. The lowest BCUT2D eigenvalue weighted by Crippen LogP contribution is -2.47. The molecule has 2 amide bonds. The highest BCUT2D eigenvalue weighted by molar-refractivity contribution is 5.94. The second kappa shape index (κ2) is 9.60. The van der Waals surface area contributed by atoms with Gasteiger partial charge in [0.25, 0.3) is 5.91 Å². The first kappa shape index (κ1) is 24.2. The summed E-state index contributed by atoms with van der Waals surface area (Å²) in [6.45, 7) is 3.81. The largest absolute Gasteiger partial charge is 0.490 e. The SMILES string of the molecule is Cc1cncc(C(=O)N2CCC3(CC2)C(=O)NCC3c2ccccc2)c1.O=C(O)C(F)(F)F. The van der Waals surface area contributed by atoms with Crippen LogP contribution in [0.5, 0.6) is 0 Å². The van der Waals surface area contributed by atoms with Gasteiger partial charge in [0.05, 0.1) is 11.0 Å². The van der Waals surface area contributed by atoms with Crippen LogP contribution in [0.25, 0.3) is 0 Å². The van der Waals surface area contributed by atoms with Gasteiger partial charge in [0.1, 0.15) is 0 Å². The number of piperidine rings is 1. The number of hydrogen-bond acceptors (Lipinski definition) is 4. The lowest BCUT2D eigenvalue weighted by molar-refractivity contribution is -0.192. The molecule has 3 heterocycles. The zero-order chi connectivity index (χ0) is 24.2. The highest BCUT2D eigenvalue weighted by Crippen LogP contribution is 2.47. The van der Waals surface area contributed by atoms with E-state index in [2.05, 4.69) is 22.4 Å². The Morgan fingerprint density at radius 1 is 1.15 bits per heavy atom. The Kier molecular flexibility index (Phi) is 7.04. The quantitative estimate of drug-likeness (QED) is 0.713. The lowest BCUT2D eigenvalue weighted by atomic mass is 9.68.